The molecule has 2 aliphatic rings. The Morgan fingerprint density at radius 3 is 1.55 bits per heavy atom. The Bertz CT molecular complexity index is 1430. The number of aliphatic hydroxyl groups excluding tert-OH is 5. The van der Waals surface area contributed by atoms with Gasteiger partial charge in [0.2, 0.25) is 0 Å². The molecule has 0 bridgehead atoms. The standard InChI is InChI=1S/C47H77O14P/c1-3-5-7-9-11-12-13-14-15-16-17-18-21-26-30-34-41(49)59-37(36-58-62(55,56)61-47-45(53)43(51)42(50)44(52)46(47)54)35-57-40(48)33-29-25-22-19-20-24-28-32-39-38(60-39)31-27-23-10-8-6-4-2/h11-12,14-15,17-19,22-24,27-28,37-39,42-47,50-54H,3-10,13,16,20-21,25-26,29-36H2,1-2H3,(H,55,56)/b12-11-,15-14-,18-17-,22-19-,27-23-,28-24-/t37-,38?,39?,42?,43-,44+,45-,46-,47?/m1/s1. The van der Waals surface area contributed by atoms with Crippen molar-refractivity contribution in [2.45, 2.75) is 197 Å². The number of rotatable bonds is 35. The van der Waals surface area contributed by atoms with Crippen LogP contribution in [0, 0.1) is 0 Å². The maximum atomic E-state index is 12.8. The third kappa shape index (κ3) is 25.5. The van der Waals surface area contributed by atoms with Crippen LogP contribution >= 0.6 is 7.82 Å². The summed E-state index contributed by atoms with van der Waals surface area (Å²) in [7, 11) is -5.15. The van der Waals surface area contributed by atoms with E-state index in [0.29, 0.717) is 31.8 Å². The van der Waals surface area contributed by atoms with Gasteiger partial charge in [-0.3, -0.25) is 18.6 Å². The summed E-state index contributed by atoms with van der Waals surface area (Å²) in [5.74, 6) is -1.22. The van der Waals surface area contributed by atoms with Crippen LogP contribution in [-0.4, -0.2) is 111 Å². The largest absolute Gasteiger partial charge is 0.472 e. The van der Waals surface area contributed by atoms with Gasteiger partial charge in [0.15, 0.2) is 6.10 Å². The second-order valence-electron chi connectivity index (χ2n) is 15.9. The second-order valence-corrected chi connectivity index (χ2v) is 17.3. The molecule has 0 radical (unpaired) electrons. The summed E-state index contributed by atoms with van der Waals surface area (Å²) in [6.07, 6.45) is 29.9. The highest BCUT2D eigenvalue weighted by Crippen LogP contribution is 2.47. The molecule has 5 unspecified atom stereocenters. The number of carbonyl (C=O) groups excluding carboxylic acids is 2. The number of hydrogen-bond acceptors (Lipinski definition) is 13. The fourth-order valence-corrected chi connectivity index (χ4v) is 7.53. The Kier molecular flexibility index (Phi) is 30.1. The average molecular weight is 897 g/mol. The van der Waals surface area contributed by atoms with Crippen molar-refractivity contribution in [2.24, 2.45) is 0 Å². The van der Waals surface area contributed by atoms with Crippen molar-refractivity contribution < 1.29 is 67.8 Å². The Hall–Kier alpha value is -2.75. The van der Waals surface area contributed by atoms with E-state index in [1.54, 1.807) is 0 Å². The SMILES string of the molecule is CCCCC/C=C\C/C=C\C/C=C\CCCCC(=O)O[C@H](COC(=O)CCC/C=C\C/C=C\CC1OC1C/C=C\CCCCC)COP(=O)(O)OC1[C@H](O)[C@H](O)C(O)[C@H](O)[C@H]1O. The molecule has 0 amide bonds. The number of phosphoric acid groups is 1. The average Bonchev–Trinajstić information content (AvgIpc) is 4.01. The molecule has 354 valence electrons. The van der Waals surface area contributed by atoms with Gasteiger partial charge in [-0.15, -0.1) is 0 Å². The lowest BCUT2D eigenvalue weighted by molar-refractivity contribution is -0.220. The molecule has 2 fully saturated rings. The van der Waals surface area contributed by atoms with E-state index in [9.17, 15) is 44.6 Å². The van der Waals surface area contributed by atoms with Crippen LogP contribution in [-0.2, 0) is 37.4 Å². The molecular formula is C47H77O14P. The van der Waals surface area contributed by atoms with Crippen molar-refractivity contribution in [1.29, 1.82) is 0 Å². The summed E-state index contributed by atoms with van der Waals surface area (Å²) < 4.78 is 39.2. The molecule has 62 heavy (non-hydrogen) atoms. The summed E-state index contributed by atoms with van der Waals surface area (Å²) in [6.45, 7) is 3.13. The van der Waals surface area contributed by atoms with Gasteiger partial charge in [-0.1, -0.05) is 112 Å². The lowest BCUT2D eigenvalue weighted by atomic mass is 9.85. The molecule has 6 N–H and O–H groups in total. The van der Waals surface area contributed by atoms with Crippen molar-refractivity contribution in [3.05, 3.63) is 72.9 Å². The number of aliphatic hydroxyl groups is 5. The van der Waals surface area contributed by atoms with Crippen LogP contribution < -0.4 is 0 Å². The molecule has 1 saturated heterocycles. The Balaban J connectivity index is 1.76. The van der Waals surface area contributed by atoms with E-state index < -0.39 is 75.7 Å². The quantitative estimate of drug-likeness (QED) is 0.0118. The second kappa shape index (κ2) is 33.7. The molecule has 15 heteroatoms. The zero-order valence-corrected chi connectivity index (χ0v) is 38.0. The van der Waals surface area contributed by atoms with E-state index in [1.165, 1.54) is 38.5 Å². The highest BCUT2D eigenvalue weighted by atomic mass is 31.2. The van der Waals surface area contributed by atoms with Crippen molar-refractivity contribution >= 4 is 19.8 Å². The van der Waals surface area contributed by atoms with Crippen LogP contribution in [0.25, 0.3) is 0 Å². The molecule has 0 spiro atoms. The van der Waals surface area contributed by atoms with Crippen molar-refractivity contribution in [3.8, 4) is 0 Å². The van der Waals surface area contributed by atoms with Crippen molar-refractivity contribution in [3.63, 3.8) is 0 Å². The van der Waals surface area contributed by atoms with E-state index in [4.69, 9.17) is 23.3 Å². The monoisotopic (exact) mass is 897 g/mol. The van der Waals surface area contributed by atoms with E-state index in [0.717, 1.165) is 51.4 Å². The number of phosphoric ester groups is 1. The number of esters is 2. The lowest BCUT2D eigenvalue weighted by Gasteiger charge is -2.41. The van der Waals surface area contributed by atoms with Gasteiger partial charge < -0.3 is 44.6 Å². The van der Waals surface area contributed by atoms with E-state index in [-0.39, 0.29) is 18.9 Å². The van der Waals surface area contributed by atoms with Gasteiger partial charge in [0, 0.05) is 12.8 Å². The fraction of sp³-hybridized carbons (Fsp3) is 0.702. The number of allylic oxidation sites excluding steroid dienone is 10. The highest BCUT2D eigenvalue weighted by Gasteiger charge is 2.51. The molecular weight excluding hydrogens is 819 g/mol. The molecule has 0 aromatic rings. The van der Waals surface area contributed by atoms with Crippen LogP contribution in [0.1, 0.15) is 142 Å². The first-order chi connectivity index (χ1) is 29.9. The first-order valence-electron chi connectivity index (χ1n) is 22.9. The molecule has 1 saturated carbocycles. The Labute approximate surface area is 370 Å². The van der Waals surface area contributed by atoms with E-state index >= 15 is 0 Å². The molecule has 10 atom stereocenters. The lowest BCUT2D eigenvalue weighted by Crippen LogP contribution is -2.64. The molecule has 14 nitrogen and oxygen atoms in total. The molecule has 1 aliphatic carbocycles. The topological polar surface area (TPSA) is 222 Å². The zero-order valence-electron chi connectivity index (χ0n) is 37.1. The smallest absolute Gasteiger partial charge is 0.462 e. The maximum Gasteiger partial charge on any atom is 0.472 e. The van der Waals surface area contributed by atoms with Gasteiger partial charge >= 0.3 is 19.8 Å². The Morgan fingerprint density at radius 1 is 0.565 bits per heavy atom. The van der Waals surface area contributed by atoms with Gasteiger partial charge in [0.05, 0.1) is 18.8 Å². The van der Waals surface area contributed by atoms with Crippen molar-refractivity contribution in [1.82, 2.24) is 0 Å². The van der Waals surface area contributed by atoms with E-state index in [2.05, 4.69) is 68.5 Å². The van der Waals surface area contributed by atoms with E-state index in [1.807, 2.05) is 18.2 Å². The molecule has 1 heterocycles. The maximum absolute atomic E-state index is 12.8. The third-order valence-corrected chi connectivity index (χ3v) is 11.4. The zero-order chi connectivity index (χ0) is 45.4. The van der Waals surface area contributed by atoms with Gasteiger partial charge in [-0.05, 0) is 89.9 Å². The summed E-state index contributed by atoms with van der Waals surface area (Å²) >= 11 is 0. The fourth-order valence-electron chi connectivity index (χ4n) is 6.56. The normalized spacial score (nSPS) is 25.8. The summed E-state index contributed by atoms with van der Waals surface area (Å²) in [4.78, 5) is 35.7. The summed E-state index contributed by atoms with van der Waals surface area (Å²) in [5.41, 5.74) is 0. The van der Waals surface area contributed by atoms with Crippen LogP contribution in [0.3, 0.4) is 0 Å². The van der Waals surface area contributed by atoms with Crippen LogP contribution in [0.2, 0.25) is 0 Å². The van der Waals surface area contributed by atoms with Gasteiger partial charge in [0.1, 0.15) is 43.2 Å². The molecule has 2 rings (SSSR count). The molecule has 0 aromatic carbocycles. The highest BCUT2D eigenvalue weighted by molar-refractivity contribution is 7.47. The summed E-state index contributed by atoms with van der Waals surface area (Å²) in [6, 6.07) is 0. The summed E-state index contributed by atoms with van der Waals surface area (Å²) in [5, 5.41) is 50.1. The number of carbonyl (C=O) groups is 2. The first-order valence-corrected chi connectivity index (χ1v) is 24.4. The van der Waals surface area contributed by atoms with Crippen LogP contribution in [0.5, 0.6) is 0 Å². The Morgan fingerprint density at radius 2 is 1.00 bits per heavy atom. The van der Waals surface area contributed by atoms with Crippen LogP contribution in [0.15, 0.2) is 72.9 Å². The number of hydrogen-bond donors (Lipinski definition) is 6. The van der Waals surface area contributed by atoms with Crippen molar-refractivity contribution in [2.75, 3.05) is 13.2 Å². The predicted molar refractivity (Wildman–Crippen MR) is 239 cm³/mol. The van der Waals surface area contributed by atoms with Gasteiger partial charge in [-0.2, -0.15) is 0 Å². The minimum Gasteiger partial charge on any atom is -0.462 e. The molecule has 1 aliphatic heterocycles. The predicted octanol–water partition coefficient (Wildman–Crippen LogP) is 7.71. The van der Waals surface area contributed by atoms with Crippen LogP contribution in [0.4, 0.5) is 0 Å². The van der Waals surface area contributed by atoms with Gasteiger partial charge in [0.25, 0.3) is 0 Å². The molecule has 0 aromatic heterocycles. The number of ether oxygens (including phenoxy) is 3. The minimum absolute atomic E-state index is 0.0296. The first kappa shape index (κ1) is 55.4. The number of epoxide rings is 1. The minimum atomic E-state index is -5.15. The number of unbranched alkanes of at least 4 members (excludes halogenated alkanes) is 9. The third-order valence-electron chi connectivity index (χ3n) is 10.4. The van der Waals surface area contributed by atoms with Gasteiger partial charge in [-0.25, -0.2) is 4.57 Å².